The minimum atomic E-state index is -0.390. The molecule has 0 aromatic rings. The number of alkyl halides is 4. The van der Waals surface area contributed by atoms with Gasteiger partial charge in [0.2, 0.25) is 0 Å². The summed E-state index contributed by atoms with van der Waals surface area (Å²) >= 11 is 24.0. The van der Waals surface area contributed by atoms with Crippen molar-refractivity contribution in [2.75, 3.05) is 0 Å². The predicted octanol–water partition coefficient (Wildman–Crippen LogP) is 3.60. The number of hydrogen-bond acceptors (Lipinski definition) is 0. The van der Waals surface area contributed by atoms with Gasteiger partial charge in [-0.05, 0) is 19.8 Å². The van der Waals surface area contributed by atoms with Crippen LogP contribution in [0.15, 0.2) is 0 Å². The van der Waals surface area contributed by atoms with E-state index in [0.717, 1.165) is 0 Å². The molecule has 0 amide bonds. The van der Waals surface area contributed by atoms with Crippen molar-refractivity contribution in [1.82, 2.24) is 0 Å². The molecule has 4 atom stereocenters. The molecule has 1 saturated carbocycles. The maximum absolute atomic E-state index is 6.11. The highest BCUT2D eigenvalue weighted by Gasteiger charge is 2.41. The summed E-state index contributed by atoms with van der Waals surface area (Å²) in [7, 11) is 0. The third-order valence-electron chi connectivity index (χ3n) is 2.07. The molecule has 1 aliphatic rings. The first-order chi connectivity index (χ1) is 4.93. The Bertz CT molecular complexity index is 145. The van der Waals surface area contributed by atoms with Gasteiger partial charge in [0, 0.05) is 0 Å². The minimum Gasteiger partial charge on any atom is -0.121 e. The van der Waals surface area contributed by atoms with Crippen LogP contribution in [-0.4, -0.2) is 21.0 Å². The molecule has 0 saturated heterocycles. The smallest absolute Gasteiger partial charge is 0.0596 e. The van der Waals surface area contributed by atoms with E-state index in [1.54, 1.807) is 0 Å². The molecule has 0 radical (unpaired) electrons. The van der Waals surface area contributed by atoms with Gasteiger partial charge in [-0.15, -0.1) is 46.4 Å². The molecule has 11 heavy (non-hydrogen) atoms. The van der Waals surface area contributed by atoms with Crippen molar-refractivity contribution >= 4 is 46.4 Å². The second-order valence-electron chi connectivity index (χ2n) is 3.22. The molecule has 0 unspecified atom stereocenters. The zero-order valence-electron chi connectivity index (χ0n) is 6.16. The molecule has 0 spiro atoms. The third-order valence-corrected chi connectivity index (χ3v) is 4.33. The topological polar surface area (TPSA) is 0 Å². The summed E-state index contributed by atoms with van der Waals surface area (Å²) in [6.07, 6.45) is 1.37. The monoisotopic (exact) mass is 234 g/mol. The van der Waals surface area contributed by atoms with Crippen molar-refractivity contribution in [2.45, 2.75) is 40.8 Å². The molecule has 0 bridgehead atoms. The summed E-state index contributed by atoms with van der Waals surface area (Å²) in [4.78, 5) is -0.390. The number of halogens is 4. The molecule has 0 N–H and O–H groups in total. The van der Waals surface area contributed by atoms with E-state index in [1.807, 2.05) is 6.92 Å². The van der Waals surface area contributed by atoms with Crippen LogP contribution in [0.4, 0.5) is 0 Å². The van der Waals surface area contributed by atoms with E-state index in [9.17, 15) is 0 Å². The first-order valence-electron chi connectivity index (χ1n) is 3.54. The minimum absolute atomic E-state index is 0.0361. The van der Waals surface area contributed by atoms with Gasteiger partial charge in [-0.1, -0.05) is 0 Å². The van der Waals surface area contributed by atoms with E-state index in [-0.39, 0.29) is 21.0 Å². The van der Waals surface area contributed by atoms with Crippen LogP contribution in [0.1, 0.15) is 19.8 Å². The van der Waals surface area contributed by atoms with E-state index in [0.29, 0.717) is 12.8 Å². The zero-order valence-corrected chi connectivity index (χ0v) is 9.18. The molecule has 4 heteroatoms. The summed E-state index contributed by atoms with van der Waals surface area (Å²) in [5.74, 6) is 0. The molecule has 0 heterocycles. The number of hydrogen-bond donors (Lipinski definition) is 0. The van der Waals surface area contributed by atoms with Gasteiger partial charge >= 0.3 is 0 Å². The van der Waals surface area contributed by atoms with Crippen LogP contribution in [0.2, 0.25) is 0 Å². The van der Waals surface area contributed by atoms with Crippen molar-refractivity contribution in [1.29, 1.82) is 0 Å². The largest absolute Gasteiger partial charge is 0.121 e. The second-order valence-corrected chi connectivity index (χ2v) is 5.73. The summed E-state index contributed by atoms with van der Waals surface area (Å²) in [6, 6.07) is 0. The maximum Gasteiger partial charge on any atom is 0.0596 e. The fourth-order valence-corrected chi connectivity index (χ4v) is 2.63. The molecule has 0 aromatic heterocycles. The summed E-state index contributed by atoms with van der Waals surface area (Å²) in [5.41, 5.74) is 0. The first kappa shape index (κ1) is 10.2. The molecule has 1 rings (SSSR count). The van der Waals surface area contributed by atoms with Crippen LogP contribution in [0.5, 0.6) is 0 Å². The molecule has 66 valence electrons. The number of rotatable bonds is 0. The van der Waals surface area contributed by atoms with Gasteiger partial charge in [0.15, 0.2) is 0 Å². The SMILES string of the molecule is C[C@]1(Cl)C[C@H](Cl)[C@H](Cl)C[C@H]1Cl. The van der Waals surface area contributed by atoms with Crippen LogP contribution >= 0.6 is 46.4 Å². The third kappa shape index (κ3) is 2.30. The molecule has 0 aromatic carbocycles. The standard InChI is InChI=1S/C7H10Cl4/c1-7(11)3-5(9)4(8)2-6(7)10/h4-6H,2-3H2,1H3/t4-,5+,6-,7+/m1/s1. The van der Waals surface area contributed by atoms with Gasteiger partial charge in [-0.2, -0.15) is 0 Å². The second kappa shape index (κ2) is 3.49. The zero-order chi connectivity index (χ0) is 8.65. The van der Waals surface area contributed by atoms with Crippen LogP contribution in [0.3, 0.4) is 0 Å². The first-order valence-corrected chi connectivity index (χ1v) is 5.23. The van der Waals surface area contributed by atoms with E-state index in [2.05, 4.69) is 0 Å². The Hall–Kier alpha value is 1.16. The van der Waals surface area contributed by atoms with Gasteiger partial charge in [0.25, 0.3) is 0 Å². The average molecular weight is 236 g/mol. The highest BCUT2D eigenvalue weighted by molar-refractivity contribution is 6.35. The van der Waals surface area contributed by atoms with E-state index < -0.39 is 0 Å². The Morgan fingerprint density at radius 1 is 1.18 bits per heavy atom. The quantitative estimate of drug-likeness (QED) is 0.563. The van der Waals surface area contributed by atoms with E-state index >= 15 is 0 Å². The Kier molecular flexibility index (Phi) is 3.25. The fourth-order valence-electron chi connectivity index (χ4n) is 1.23. The Morgan fingerprint density at radius 3 is 2.18 bits per heavy atom. The van der Waals surface area contributed by atoms with Crippen LogP contribution in [0, 0.1) is 0 Å². The lowest BCUT2D eigenvalue weighted by Gasteiger charge is -2.37. The molecule has 0 nitrogen and oxygen atoms in total. The van der Waals surface area contributed by atoms with Gasteiger partial charge in [0.1, 0.15) is 0 Å². The molecule has 1 fully saturated rings. The molecule has 1 aliphatic carbocycles. The van der Waals surface area contributed by atoms with Crippen LogP contribution < -0.4 is 0 Å². The van der Waals surface area contributed by atoms with Crippen LogP contribution in [0.25, 0.3) is 0 Å². The van der Waals surface area contributed by atoms with E-state index in [1.165, 1.54) is 0 Å². The van der Waals surface area contributed by atoms with Crippen LogP contribution in [-0.2, 0) is 0 Å². The highest BCUT2D eigenvalue weighted by Crippen LogP contribution is 2.41. The van der Waals surface area contributed by atoms with Crippen molar-refractivity contribution in [3.8, 4) is 0 Å². The molecule has 0 aliphatic heterocycles. The summed E-state index contributed by atoms with van der Waals surface area (Å²) in [5, 5.41) is -0.151. The van der Waals surface area contributed by atoms with Gasteiger partial charge in [-0.3, -0.25) is 0 Å². The molecular weight excluding hydrogens is 226 g/mol. The Morgan fingerprint density at radius 2 is 1.73 bits per heavy atom. The lowest BCUT2D eigenvalue weighted by Crippen LogP contribution is -2.42. The summed E-state index contributed by atoms with van der Waals surface area (Å²) < 4.78 is 0. The van der Waals surface area contributed by atoms with E-state index in [4.69, 9.17) is 46.4 Å². The van der Waals surface area contributed by atoms with Gasteiger partial charge in [0.05, 0.1) is 21.0 Å². The van der Waals surface area contributed by atoms with Crippen molar-refractivity contribution in [3.63, 3.8) is 0 Å². The lowest BCUT2D eigenvalue weighted by atomic mass is 9.89. The maximum atomic E-state index is 6.11. The lowest BCUT2D eigenvalue weighted by molar-refractivity contribution is 0.432. The normalized spacial score (nSPS) is 52.6. The van der Waals surface area contributed by atoms with Gasteiger partial charge in [-0.25, -0.2) is 0 Å². The molecular formula is C7H10Cl4. The van der Waals surface area contributed by atoms with Crippen molar-refractivity contribution in [3.05, 3.63) is 0 Å². The Labute approximate surface area is 87.1 Å². The highest BCUT2D eigenvalue weighted by atomic mass is 35.5. The summed E-state index contributed by atoms with van der Waals surface area (Å²) in [6.45, 7) is 1.91. The predicted molar refractivity (Wildman–Crippen MR) is 52.4 cm³/mol. The van der Waals surface area contributed by atoms with Crippen molar-refractivity contribution in [2.24, 2.45) is 0 Å². The Balaban J connectivity index is 2.63. The fraction of sp³-hybridized carbons (Fsp3) is 1.00. The average Bonchev–Trinajstić information content (AvgIpc) is 1.83. The van der Waals surface area contributed by atoms with Gasteiger partial charge < -0.3 is 0 Å². The van der Waals surface area contributed by atoms with Crippen molar-refractivity contribution < 1.29 is 0 Å².